The standard InChI is InChI=1S/C18H19ClFN5O3/c1-28-14-3-2-12(19)11(16(14)20)6-15(26)25-5-4-10-7-24(8-13(10)25)18(27)17-21-9-22-23-17/h2-3,9-10,13H,4-8H2,1H3,(H,21,22,23)/t10-,13+/m0/s1. The first-order chi connectivity index (χ1) is 13.5. The van der Waals surface area contributed by atoms with Gasteiger partial charge < -0.3 is 14.5 Å². The van der Waals surface area contributed by atoms with Gasteiger partial charge in [-0.25, -0.2) is 9.37 Å². The lowest BCUT2D eigenvalue weighted by Gasteiger charge is -2.25. The van der Waals surface area contributed by atoms with Crippen molar-refractivity contribution in [1.29, 1.82) is 0 Å². The Hall–Kier alpha value is -2.68. The summed E-state index contributed by atoms with van der Waals surface area (Å²) in [6, 6.07) is 2.86. The fourth-order valence-corrected chi connectivity index (χ4v) is 4.26. The van der Waals surface area contributed by atoms with Crippen LogP contribution in [0, 0.1) is 11.7 Å². The molecule has 0 radical (unpaired) electrons. The summed E-state index contributed by atoms with van der Waals surface area (Å²) in [6.45, 7) is 1.56. The Morgan fingerprint density at radius 3 is 2.93 bits per heavy atom. The van der Waals surface area contributed by atoms with Crippen LogP contribution in [0.25, 0.3) is 0 Å². The lowest BCUT2D eigenvalue weighted by atomic mass is 10.0. The number of ether oxygens (including phenoxy) is 1. The molecule has 2 amide bonds. The molecule has 8 nitrogen and oxygen atoms in total. The van der Waals surface area contributed by atoms with Crippen LogP contribution in [0.4, 0.5) is 4.39 Å². The fraction of sp³-hybridized carbons (Fsp3) is 0.444. The van der Waals surface area contributed by atoms with Gasteiger partial charge >= 0.3 is 0 Å². The maximum absolute atomic E-state index is 14.5. The lowest BCUT2D eigenvalue weighted by molar-refractivity contribution is -0.131. The van der Waals surface area contributed by atoms with Crippen molar-refractivity contribution in [2.24, 2.45) is 5.92 Å². The zero-order valence-electron chi connectivity index (χ0n) is 15.2. The van der Waals surface area contributed by atoms with Crippen molar-refractivity contribution in [2.45, 2.75) is 18.9 Å². The fourth-order valence-electron chi connectivity index (χ4n) is 4.04. The molecule has 1 aromatic carbocycles. The summed E-state index contributed by atoms with van der Waals surface area (Å²) in [7, 11) is 1.36. The van der Waals surface area contributed by atoms with Crippen LogP contribution in [-0.4, -0.2) is 69.6 Å². The maximum Gasteiger partial charge on any atom is 0.291 e. The molecule has 2 aliphatic rings. The molecule has 0 bridgehead atoms. The Labute approximate surface area is 165 Å². The van der Waals surface area contributed by atoms with E-state index in [9.17, 15) is 14.0 Å². The van der Waals surface area contributed by atoms with Crippen LogP contribution in [0.1, 0.15) is 22.6 Å². The predicted molar refractivity (Wildman–Crippen MR) is 97.6 cm³/mol. The van der Waals surface area contributed by atoms with Gasteiger partial charge in [-0.05, 0) is 18.6 Å². The first-order valence-electron chi connectivity index (χ1n) is 8.94. The third kappa shape index (κ3) is 3.19. The molecule has 0 unspecified atom stereocenters. The topological polar surface area (TPSA) is 91.4 Å². The molecule has 0 saturated carbocycles. The minimum Gasteiger partial charge on any atom is -0.494 e. The van der Waals surface area contributed by atoms with E-state index in [-0.39, 0.29) is 52.4 Å². The largest absolute Gasteiger partial charge is 0.494 e. The van der Waals surface area contributed by atoms with Crippen LogP contribution in [0.15, 0.2) is 18.5 Å². The smallest absolute Gasteiger partial charge is 0.291 e. The van der Waals surface area contributed by atoms with Gasteiger partial charge in [-0.1, -0.05) is 11.6 Å². The van der Waals surface area contributed by atoms with Gasteiger partial charge in [0.15, 0.2) is 11.6 Å². The first kappa shape index (κ1) is 18.7. The van der Waals surface area contributed by atoms with Crippen molar-refractivity contribution in [1.82, 2.24) is 25.0 Å². The second kappa shape index (κ2) is 7.38. The number of likely N-dealkylation sites (tertiary alicyclic amines) is 2. The number of carbonyl (C=O) groups excluding carboxylic acids is 2. The zero-order chi connectivity index (χ0) is 19.8. The van der Waals surface area contributed by atoms with Crippen LogP contribution in [-0.2, 0) is 11.2 Å². The van der Waals surface area contributed by atoms with Crippen molar-refractivity contribution in [3.8, 4) is 5.75 Å². The van der Waals surface area contributed by atoms with E-state index in [4.69, 9.17) is 16.3 Å². The number of H-pyrrole nitrogens is 1. The molecule has 1 N–H and O–H groups in total. The Kier molecular flexibility index (Phi) is 4.92. The molecule has 2 aromatic rings. The average molecular weight is 408 g/mol. The maximum atomic E-state index is 14.5. The van der Waals surface area contributed by atoms with E-state index in [0.717, 1.165) is 6.42 Å². The van der Waals surface area contributed by atoms with E-state index in [1.165, 1.54) is 25.6 Å². The number of halogens is 2. The monoisotopic (exact) mass is 407 g/mol. The number of fused-ring (bicyclic) bond motifs is 1. The molecule has 3 heterocycles. The molecule has 10 heteroatoms. The van der Waals surface area contributed by atoms with Crippen molar-refractivity contribution < 1.29 is 18.7 Å². The van der Waals surface area contributed by atoms with Gasteiger partial charge in [-0.15, -0.1) is 0 Å². The number of hydrogen-bond donors (Lipinski definition) is 1. The number of aromatic nitrogens is 3. The summed E-state index contributed by atoms with van der Waals surface area (Å²) in [4.78, 5) is 32.7. The van der Waals surface area contributed by atoms with Crippen LogP contribution in [0.2, 0.25) is 5.02 Å². The van der Waals surface area contributed by atoms with Gasteiger partial charge in [-0.3, -0.25) is 14.7 Å². The molecule has 1 aromatic heterocycles. The van der Waals surface area contributed by atoms with E-state index in [1.807, 2.05) is 0 Å². The molecule has 0 aliphatic carbocycles. The molecule has 148 valence electrons. The highest BCUT2D eigenvalue weighted by Crippen LogP contribution is 2.34. The average Bonchev–Trinajstić information content (AvgIpc) is 3.41. The molecule has 4 rings (SSSR count). The quantitative estimate of drug-likeness (QED) is 0.829. The highest BCUT2D eigenvalue weighted by Gasteiger charge is 2.45. The first-order valence-corrected chi connectivity index (χ1v) is 9.32. The Bertz CT molecular complexity index is 907. The summed E-state index contributed by atoms with van der Waals surface area (Å²) in [5.74, 6) is -0.634. The lowest BCUT2D eigenvalue weighted by Crippen LogP contribution is -2.41. The molecule has 2 saturated heterocycles. The van der Waals surface area contributed by atoms with Gasteiger partial charge in [0.1, 0.15) is 6.33 Å². The number of amides is 2. The second-order valence-electron chi connectivity index (χ2n) is 6.97. The number of aromatic amines is 1. The molecule has 2 atom stereocenters. The number of nitrogens with one attached hydrogen (secondary N) is 1. The van der Waals surface area contributed by atoms with Crippen LogP contribution in [0.5, 0.6) is 5.75 Å². The minimum absolute atomic E-state index is 0.0520. The van der Waals surface area contributed by atoms with Gasteiger partial charge in [0.05, 0.1) is 19.6 Å². The molecule has 28 heavy (non-hydrogen) atoms. The SMILES string of the molecule is COc1ccc(Cl)c(CC(=O)N2CC[C@H]3CN(C(=O)c4ncn[nH]4)C[C@H]32)c1F. The Balaban J connectivity index is 1.47. The normalized spacial score (nSPS) is 21.1. The zero-order valence-corrected chi connectivity index (χ0v) is 15.9. The minimum atomic E-state index is -0.618. The van der Waals surface area contributed by atoms with E-state index < -0.39 is 5.82 Å². The number of rotatable bonds is 4. The second-order valence-corrected chi connectivity index (χ2v) is 7.37. The molecule has 2 aliphatic heterocycles. The van der Waals surface area contributed by atoms with Gasteiger partial charge in [0.25, 0.3) is 5.91 Å². The van der Waals surface area contributed by atoms with Gasteiger partial charge in [0.2, 0.25) is 11.7 Å². The number of carbonyl (C=O) groups is 2. The summed E-state index contributed by atoms with van der Waals surface area (Å²) in [6.07, 6.45) is 1.93. The van der Waals surface area contributed by atoms with Gasteiger partial charge in [0, 0.05) is 36.1 Å². The number of hydrogen-bond acceptors (Lipinski definition) is 5. The highest BCUT2D eigenvalue weighted by molar-refractivity contribution is 6.31. The highest BCUT2D eigenvalue weighted by atomic mass is 35.5. The summed E-state index contributed by atoms with van der Waals surface area (Å²) in [5.41, 5.74) is 0.127. The van der Waals surface area contributed by atoms with E-state index in [1.54, 1.807) is 9.80 Å². The van der Waals surface area contributed by atoms with Crippen LogP contribution >= 0.6 is 11.6 Å². The summed E-state index contributed by atoms with van der Waals surface area (Å²) < 4.78 is 19.5. The Morgan fingerprint density at radius 2 is 2.21 bits per heavy atom. The Morgan fingerprint density at radius 1 is 1.39 bits per heavy atom. The van der Waals surface area contributed by atoms with Crippen LogP contribution < -0.4 is 4.74 Å². The summed E-state index contributed by atoms with van der Waals surface area (Å²) in [5, 5.41) is 6.46. The van der Waals surface area contributed by atoms with E-state index in [0.29, 0.717) is 19.6 Å². The van der Waals surface area contributed by atoms with E-state index in [2.05, 4.69) is 15.2 Å². The third-order valence-corrected chi connectivity index (χ3v) is 5.83. The number of nitrogens with zero attached hydrogens (tertiary/aromatic N) is 4. The molecule has 2 fully saturated rings. The van der Waals surface area contributed by atoms with Gasteiger partial charge in [-0.2, -0.15) is 5.10 Å². The van der Waals surface area contributed by atoms with Crippen molar-refractivity contribution in [3.63, 3.8) is 0 Å². The molecular formula is C18H19ClFN5O3. The number of methoxy groups -OCH3 is 1. The van der Waals surface area contributed by atoms with E-state index >= 15 is 0 Å². The van der Waals surface area contributed by atoms with Crippen molar-refractivity contribution in [2.75, 3.05) is 26.7 Å². The molecule has 0 spiro atoms. The number of benzene rings is 1. The predicted octanol–water partition coefficient (Wildman–Crippen LogP) is 1.52. The van der Waals surface area contributed by atoms with Crippen molar-refractivity contribution in [3.05, 3.63) is 40.7 Å². The third-order valence-electron chi connectivity index (χ3n) is 5.47. The van der Waals surface area contributed by atoms with Crippen LogP contribution in [0.3, 0.4) is 0 Å². The molecular weight excluding hydrogens is 389 g/mol. The summed E-state index contributed by atoms with van der Waals surface area (Å²) >= 11 is 6.11. The van der Waals surface area contributed by atoms with Crippen molar-refractivity contribution >= 4 is 23.4 Å².